The van der Waals surface area contributed by atoms with Crippen LogP contribution in [0.1, 0.15) is 35.2 Å². The van der Waals surface area contributed by atoms with Crippen molar-refractivity contribution in [3.63, 3.8) is 0 Å². The SMILES string of the molecule is C[C@H](C(=O)N[C@@H]1CN(C(=O)c2cccn3cncc23)CC[C@H]1c1cc(F)cc(Cl)c1)N1CCOCC1. The fourth-order valence-corrected chi connectivity index (χ4v) is 5.44. The smallest absolute Gasteiger partial charge is 0.256 e. The number of amides is 2. The van der Waals surface area contributed by atoms with Crippen molar-refractivity contribution in [3.8, 4) is 0 Å². The van der Waals surface area contributed by atoms with Crippen molar-refractivity contribution < 1.29 is 18.7 Å². The van der Waals surface area contributed by atoms with Crippen LogP contribution >= 0.6 is 11.6 Å². The first-order chi connectivity index (χ1) is 17.4. The van der Waals surface area contributed by atoms with Crippen molar-refractivity contribution in [1.82, 2.24) is 24.5 Å². The molecule has 0 unspecified atom stereocenters. The van der Waals surface area contributed by atoms with Gasteiger partial charge in [-0.3, -0.25) is 14.5 Å². The third-order valence-electron chi connectivity index (χ3n) is 7.20. The molecular formula is C26H29ClFN5O3. The first-order valence-electron chi connectivity index (χ1n) is 12.2. The van der Waals surface area contributed by atoms with Gasteiger partial charge in [0.05, 0.1) is 48.9 Å². The van der Waals surface area contributed by atoms with Gasteiger partial charge in [0, 0.05) is 43.3 Å². The molecule has 0 saturated carbocycles. The number of hydrogen-bond donors (Lipinski definition) is 1. The third kappa shape index (κ3) is 5.09. The summed E-state index contributed by atoms with van der Waals surface area (Å²) < 4.78 is 21.4. The number of piperidine rings is 1. The minimum atomic E-state index is -0.421. The highest BCUT2D eigenvalue weighted by molar-refractivity contribution is 6.30. The molecule has 0 spiro atoms. The van der Waals surface area contributed by atoms with Crippen molar-refractivity contribution in [3.05, 3.63) is 71.0 Å². The van der Waals surface area contributed by atoms with Crippen LogP contribution in [0.15, 0.2) is 49.1 Å². The molecule has 2 fully saturated rings. The number of imidazole rings is 1. The quantitative estimate of drug-likeness (QED) is 0.567. The first-order valence-corrected chi connectivity index (χ1v) is 12.6. The van der Waals surface area contributed by atoms with Crippen LogP contribution in [-0.4, -0.2) is 82.5 Å². The van der Waals surface area contributed by atoms with E-state index in [0.29, 0.717) is 62.0 Å². The summed E-state index contributed by atoms with van der Waals surface area (Å²) in [5, 5.41) is 3.48. The number of pyridine rings is 1. The molecule has 10 heteroatoms. The number of aromatic nitrogens is 2. The molecule has 5 rings (SSSR count). The fourth-order valence-electron chi connectivity index (χ4n) is 5.21. The molecule has 8 nitrogen and oxygen atoms in total. The average molecular weight is 514 g/mol. The zero-order valence-corrected chi connectivity index (χ0v) is 20.8. The number of fused-ring (bicyclic) bond motifs is 1. The van der Waals surface area contributed by atoms with Gasteiger partial charge in [-0.2, -0.15) is 0 Å². The normalized spacial score (nSPS) is 21.9. The second-order valence-electron chi connectivity index (χ2n) is 9.40. The van der Waals surface area contributed by atoms with Gasteiger partial charge in [-0.25, -0.2) is 9.37 Å². The molecule has 4 heterocycles. The third-order valence-corrected chi connectivity index (χ3v) is 7.41. The van der Waals surface area contributed by atoms with E-state index in [0.717, 1.165) is 5.52 Å². The van der Waals surface area contributed by atoms with Gasteiger partial charge in [0.2, 0.25) is 5.91 Å². The summed E-state index contributed by atoms with van der Waals surface area (Å²) in [6, 6.07) is 7.32. The van der Waals surface area contributed by atoms with Crippen molar-refractivity contribution in [2.24, 2.45) is 0 Å². The number of nitrogens with zero attached hydrogens (tertiary/aromatic N) is 4. The molecule has 2 amide bonds. The lowest BCUT2D eigenvalue weighted by atomic mass is 9.84. The molecule has 0 bridgehead atoms. The van der Waals surface area contributed by atoms with Crippen LogP contribution in [0.3, 0.4) is 0 Å². The molecule has 190 valence electrons. The van der Waals surface area contributed by atoms with Gasteiger partial charge in [0.1, 0.15) is 5.82 Å². The fraction of sp³-hybridized carbons (Fsp3) is 0.423. The number of ether oxygens (including phenoxy) is 1. The summed E-state index contributed by atoms with van der Waals surface area (Å²) in [5.41, 5.74) is 1.99. The summed E-state index contributed by atoms with van der Waals surface area (Å²) in [6.07, 6.45) is 5.72. The number of morpholine rings is 1. The maximum atomic E-state index is 14.2. The van der Waals surface area contributed by atoms with Gasteiger partial charge in [0.15, 0.2) is 0 Å². The first kappa shape index (κ1) is 24.7. The van der Waals surface area contributed by atoms with E-state index >= 15 is 0 Å². The second kappa shape index (κ2) is 10.5. The number of likely N-dealkylation sites (tertiary alicyclic amines) is 1. The molecule has 36 heavy (non-hydrogen) atoms. The lowest BCUT2D eigenvalue weighted by Crippen LogP contribution is -2.57. The maximum Gasteiger partial charge on any atom is 0.256 e. The van der Waals surface area contributed by atoms with Crippen molar-refractivity contribution in [1.29, 1.82) is 0 Å². The Morgan fingerprint density at radius 2 is 2.03 bits per heavy atom. The molecule has 0 aliphatic carbocycles. The molecule has 3 aromatic rings. The lowest BCUT2D eigenvalue weighted by Gasteiger charge is -2.40. The molecule has 0 radical (unpaired) electrons. The van der Waals surface area contributed by atoms with Crippen LogP contribution in [0.2, 0.25) is 5.02 Å². The van der Waals surface area contributed by atoms with Gasteiger partial charge in [-0.05, 0) is 49.2 Å². The van der Waals surface area contributed by atoms with Crippen LogP contribution in [0.25, 0.3) is 5.52 Å². The van der Waals surface area contributed by atoms with E-state index in [1.165, 1.54) is 12.1 Å². The Morgan fingerprint density at radius 1 is 1.22 bits per heavy atom. The van der Waals surface area contributed by atoms with Crippen LogP contribution in [0.4, 0.5) is 4.39 Å². The predicted octanol–water partition coefficient (Wildman–Crippen LogP) is 2.96. The van der Waals surface area contributed by atoms with E-state index < -0.39 is 11.9 Å². The summed E-state index contributed by atoms with van der Waals surface area (Å²) >= 11 is 6.16. The second-order valence-corrected chi connectivity index (χ2v) is 9.83. The van der Waals surface area contributed by atoms with Crippen LogP contribution in [-0.2, 0) is 9.53 Å². The summed E-state index contributed by atoms with van der Waals surface area (Å²) in [6.45, 7) is 5.19. The van der Waals surface area contributed by atoms with Crippen molar-refractivity contribution in [2.45, 2.75) is 31.3 Å². The number of carbonyl (C=O) groups is 2. The zero-order chi connectivity index (χ0) is 25.2. The van der Waals surface area contributed by atoms with E-state index in [4.69, 9.17) is 16.3 Å². The lowest BCUT2D eigenvalue weighted by molar-refractivity contribution is -0.128. The topological polar surface area (TPSA) is 79.2 Å². The van der Waals surface area contributed by atoms with Gasteiger partial charge in [-0.15, -0.1) is 0 Å². The van der Waals surface area contributed by atoms with E-state index in [9.17, 15) is 14.0 Å². The number of hydrogen-bond acceptors (Lipinski definition) is 5. The summed E-state index contributed by atoms with van der Waals surface area (Å²) in [5.74, 6) is -0.858. The Labute approximate surface area is 214 Å². The summed E-state index contributed by atoms with van der Waals surface area (Å²) in [4.78, 5) is 34.8. The Kier molecular flexibility index (Phi) is 7.22. The van der Waals surface area contributed by atoms with Gasteiger partial charge in [0.25, 0.3) is 5.91 Å². The molecule has 1 N–H and O–H groups in total. The highest BCUT2D eigenvalue weighted by atomic mass is 35.5. The van der Waals surface area contributed by atoms with Gasteiger partial charge < -0.3 is 19.4 Å². The van der Waals surface area contributed by atoms with Crippen LogP contribution < -0.4 is 5.32 Å². The highest BCUT2D eigenvalue weighted by Gasteiger charge is 2.36. The monoisotopic (exact) mass is 513 g/mol. The number of nitrogens with one attached hydrogen (secondary N) is 1. The van der Waals surface area contributed by atoms with E-state index in [1.54, 1.807) is 34.0 Å². The Bertz CT molecular complexity index is 1240. The predicted molar refractivity (Wildman–Crippen MR) is 134 cm³/mol. The molecule has 2 saturated heterocycles. The maximum absolute atomic E-state index is 14.2. The largest absolute Gasteiger partial charge is 0.379 e. The van der Waals surface area contributed by atoms with E-state index in [1.807, 2.05) is 19.2 Å². The standard InChI is InChI=1S/C26H29ClFN5O3/c1-17(31-7-9-36-10-8-31)25(34)30-23-15-32(6-4-21(23)18-11-19(27)13-20(28)12-18)26(35)22-3-2-5-33-16-29-14-24(22)33/h2-3,5,11-14,16-17,21,23H,4,6-10,15H2,1H3,(H,30,34)/t17-,21+,23-/m1/s1. The summed E-state index contributed by atoms with van der Waals surface area (Å²) in [7, 11) is 0. The van der Waals surface area contributed by atoms with Gasteiger partial charge in [-0.1, -0.05) is 11.6 Å². The minimum absolute atomic E-state index is 0.124. The zero-order valence-electron chi connectivity index (χ0n) is 20.1. The van der Waals surface area contributed by atoms with E-state index in [2.05, 4.69) is 15.2 Å². The van der Waals surface area contributed by atoms with Crippen LogP contribution in [0.5, 0.6) is 0 Å². The molecule has 3 atom stereocenters. The molecule has 2 aliphatic rings. The van der Waals surface area contributed by atoms with Crippen molar-refractivity contribution >= 4 is 28.9 Å². The van der Waals surface area contributed by atoms with Crippen LogP contribution in [0, 0.1) is 5.82 Å². The number of benzene rings is 1. The Balaban J connectivity index is 1.40. The number of rotatable bonds is 5. The molecule has 2 aromatic heterocycles. The van der Waals surface area contributed by atoms with E-state index in [-0.39, 0.29) is 23.8 Å². The van der Waals surface area contributed by atoms with Crippen molar-refractivity contribution in [2.75, 3.05) is 39.4 Å². The Hall–Kier alpha value is -3.01. The molecular weight excluding hydrogens is 485 g/mol. The molecule has 2 aliphatic heterocycles. The molecule has 1 aromatic carbocycles. The number of halogens is 2. The highest BCUT2D eigenvalue weighted by Crippen LogP contribution is 2.32. The Morgan fingerprint density at radius 3 is 2.81 bits per heavy atom. The average Bonchev–Trinajstić information content (AvgIpc) is 3.37. The number of carbonyl (C=O) groups excluding carboxylic acids is 2. The minimum Gasteiger partial charge on any atom is -0.379 e. The van der Waals surface area contributed by atoms with Gasteiger partial charge >= 0.3 is 0 Å².